The van der Waals surface area contributed by atoms with Crippen LogP contribution in [-0.4, -0.2) is 24.5 Å². The summed E-state index contributed by atoms with van der Waals surface area (Å²) in [5.74, 6) is 6.48. The molecule has 0 bridgehead atoms. The number of nitrogen functional groups attached to an aromatic ring is 1. The van der Waals surface area contributed by atoms with Crippen LogP contribution in [0.25, 0.3) is 0 Å². The highest BCUT2D eigenvalue weighted by Crippen LogP contribution is 2.13. The van der Waals surface area contributed by atoms with Crippen molar-refractivity contribution in [1.29, 1.82) is 0 Å². The molecule has 0 aliphatic carbocycles. The molecule has 0 aliphatic heterocycles. The van der Waals surface area contributed by atoms with Gasteiger partial charge < -0.3 is 10.7 Å². The maximum absolute atomic E-state index is 11.9. The summed E-state index contributed by atoms with van der Waals surface area (Å²) in [6, 6.07) is 7.22. The highest BCUT2D eigenvalue weighted by molar-refractivity contribution is 7.98. The smallest absolute Gasteiger partial charge is 0.253 e. The third-order valence-electron chi connectivity index (χ3n) is 2.64. The van der Waals surface area contributed by atoms with E-state index in [1.165, 1.54) is 12.2 Å². The van der Waals surface area contributed by atoms with Crippen molar-refractivity contribution in [3.8, 4) is 0 Å². The fourth-order valence-corrected chi connectivity index (χ4v) is 2.15. The van der Waals surface area contributed by atoms with Crippen LogP contribution in [0.1, 0.15) is 29.6 Å². The average molecular weight is 267 g/mol. The molecule has 5 heteroatoms. The van der Waals surface area contributed by atoms with Gasteiger partial charge in [0.05, 0.1) is 11.3 Å². The standard InChI is InChI=1S/C13H21N3OS/c1-18-10-6-2-5-9-15-13(17)11-7-3-4-8-12(11)16-14/h3-4,7-8,16H,2,5-6,9-10,14H2,1H3,(H,15,17). The second-order valence-electron chi connectivity index (χ2n) is 4.00. The van der Waals surface area contributed by atoms with E-state index in [0.29, 0.717) is 17.8 Å². The zero-order valence-electron chi connectivity index (χ0n) is 10.7. The Labute approximate surface area is 113 Å². The fourth-order valence-electron chi connectivity index (χ4n) is 1.65. The molecule has 1 aromatic carbocycles. The van der Waals surface area contributed by atoms with Crippen molar-refractivity contribution in [2.45, 2.75) is 19.3 Å². The van der Waals surface area contributed by atoms with E-state index in [-0.39, 0.29) is 5.91 Å². The number of hydrogen-bond acceptors (Lipinski definition) is 4. The summed E-state index contributed by atoms with van der Waals surface area (Å²) in [7, 11) is 0. The minimum absolute atomic E-state index is 0.0755. The van der Waals surface area contributed by atoms with E-state index in [2.05, 4.69) is 17.0 Å². The number of hydrazine groups is 1. The molecule has 4 N–H and O–H groups in total. The molecule has 0 fully saturated rings. The topological polar surface area (TPSA) is 67.2 Å². The third kappa shape index (κ3) is 4.98. The van der Waals surface area contributed by atoms with Gasteiger partial charge in [-0.3, -0.25) is 10.6 Å². The second-order valence-corrected chi connectivity index (χ2v) is 4.98. The van der Waals surface area contributed by atoms with E-state index in [1.54, 1.807) is 12.1 Å². The van der Waals surface area contributed by atoms with Gasteiger partial charge in [0.2, 0.25) is 0 Å². The first-order valence-electron chi connectivity index (χ1n) is 6.12. The summed E-state index contributed by atoms with van der Waals surface area (Å²) >= 11 is 1.86. The normalized spacial score (nSPS) is 10.1. The molecular formula is C13H21N3OS. The number of carbonyl (C=O) groups is 1. The average Bonchev–Trinajstić information content (AvgIpc) is 2.42. The second kappa shape index (κ2) is 8.83. The number of carbonyl (C=O) groups excluding carboxylic acids is 1. The Morgan fingerprint density at radius 3 is 2.78 bits per heavy atom. The monoisotopic (exact) mass is 267 g/mol. The van der Waals surface area contributed by atoms with Crippen LogP contribution >= 0.6 is 11.8 Å². The Morgan fingerprint density at radius 1 is 1.28 bits per heavy atom. The van der Waals surface area contributed by atoms with Gasteiger partial charge in [0.25, 0.3) is 5.91 Å². The van der Waals surface area contributed by atoms with E-state index in [4.69, 9.17) is 5.84 Å². The Balaban J connectivity index is 2.32. The van der Waals surface area contributed by atoms with Crippen molar-refractivity contribution in [3.63, 3.8) is 0 Å². The largest absolute Gasteiger partial charge is 0.352 e. The Hall–Kier alpha value is -1.20. The number of nitrogens with two attached hydrogens (primary N) is 1. The first kappa shape index (κ1) is 14.9. The van der Waals surface area contributed by atoms with Gasteiger partial charge in [0.15, 0.2) is 0 Å². The van der Waals surface area contributed by atoms with E-state index in [0.717, 1.165) is 12.8 Å². The molecule has 4 nitrogen and oxygen atoms in total. The molecule has 100 valence electrons. The summed E-state index contributed by atoms with van der Waals surface area (Å²) in [6.07, 6.45) is 5.49. The first-order valence-corrected chi connectivity index (χ1v) is 7.51. The Bertz CT molecular complexity index is 371. The summed E-state index contributed by atoms with van der Waals surface area (Å²) < 4.78 is 0. The molecule has 1 amide bonds. The van der Waals surface area contributed by atoms with Crippen molar-refractivity contribution in [1.82, 2.24) is 5.32 Å². The van der Waals surface area contributed by atoms with Crippen LogP contribution in [0.2, 0.25) is 0 Å². The van der Waals surface area contributed by atoms with Crippen LogP contribution in [0.4, 0.5) is 5.69 Å². The number of hydrogen-bond donors (Lipinski definition) is 3. The van der Waals surface area contributed by atoms with Gasteiger partial charge in [-0.25, -0.2) is 0 Å². The van der Waals surface area contributed by atoms with E-state index in [9.17, 15) is 4.79 Å². The maximum atomic E-state index is 11.9. The molecule has 1 aromatic rings. The Morgan fingerprint density at radius 2 is 2.06 bits per heavy atom. The van der Waals surface area contributed by atoms with Gasteiger partial charge in [0.1, 0.15) is 0 Å². The first-order chi connectivity index (χ1) is 8.79. The van der Waals surface area contributed by atoms with E-state index in [1.807, 2.05) is 23.9 Å². The molecule has 0 unspecified atom stereocenters. The molecule has 0 saturated heterocycles. The summed E-state index contributed by atoms with van der Waals surface area (Å²) in [4.78, 5) is 11.9. The SMILES string of the molecule is CSCCCCCNC(=O)c1ccccc1NN. The van der Waals surface area contributed by atoms with Crippen molar-refractivity contribution < 1.29 is 4.79 Å². The van der Waals surface area contributed by atoms with Crippen LogP contribution < -0.4 is 16.6 Å². The van der Waals surface area contributed by atoms with Crippen molar-refractivity contribution in [2.24, 2.45) is 5.84 Å². The number of unbranched alkanes of at least 4 members (excludes halogenated alkanes) is 2. The summed E-state index contributed by atoms with van der Waals surface area (Å²) in [5.41, 5.74) is 3.77. The minimum Gasteiger partial charge on any atom is -0.352 e. The van der Waals surface area contributed by atoms with Crippen LogP contribution in [0, 0.1) is 0 Å². The van der Waals surface area contributed by atoms with E-state index < -0.39 is 0 Å². The van der Waals surface area contributed by atoms with Crippen molar-refractivity contribution in [3.05, 3.63) is 29.8 Å². The molecule has 1 rings (SSSR count). The molecule has 0 spiro atoms. The zero-order chi connectivity index (χ0) is 13.2. The van der Waals surface area contributed by atoms with Crippen molar-refractivity contribution in [2.75, 3.05) is 24.0 Å². The zero-order valence-corrected chi connectivity index (χ0v) is 11.6. The lowest BCUT2D eigenvalue weighted by Gasteiger charge is -2.09. The van der Waals surface area contributed by atoms with Crippen LogP contribution in [0.3, 0.4) is 0 Å². The lowest BCUT2D eigenvalue weighted by atomic mass is 10.1. The molecule has 0 saturated carbocycles. The molecule has 0 atom stereocenters. The lowest BCUT2D eigenvalue weighted by molar-refractivity contribution is 0.0954. The minimum atomic E-state index is -0.0755. The predicted octanol–water partition coefficient (Wildman–Crippen LogP) is 2.24. The quantitative estimate of drug-likeness (QED) is 0.384. The molecule has 0 heterocycles. The van der Waals surface area contributed by atoms with Gasteiger partial charge in [-0.2, -0.15) is 11.8 Å². The molecular weight excluding hydrogens is 246 g/mol. The van der Waals surface area contributed by atoms with E-state index >= 15 is 0 Å². The van der Waals surface area contributed by atoms with Gasteiger partial charge in [-0.05, 0) is 37.0 Å². The molecule has 0 aliphatic rings. The van der Waals surface area contributed by atoms with Gasteiger partial charge >= 0.3 is 0 Å². The van der Waals surface area contributed by atoms with Crippen LogP contribution in [0.5, 0.6) is 0 Å². The maximum Gasteiger partial charge on any atom is 0.253 e. The highest BCUT2D eigenvalue weighted by atomic mass is 32.2. The van der Waals surface area contributed by atoms with Gasteiger partial charge in [-0.1, -0.05) is 18.6 Å². The lowest BCUT2D eigenvalue weighted by Crippen LogP contribution is -2.26. The molecule has 18 heavy (non-hydrogen) atoms. The fraction of sp³-hybridized carbons (Fsp3) is 0.462. The number of thioether (sulfide) groups is 1. The molecule has 0 radical (unpaired) electrons. The van der Waals surface area contributed by atoms with Gasteiger partial charge in [0, 0.05) is 6.54 Å². The number of rotatable bonds is 8. The number of benzene rings is 1. The van der Waals surface area contributed by atoms with Crippen LogP contribution in [-0.2, 0) is 0 Å². The highest BCUT2D eigenvalue weighted by Gasteiger charge is 2.08. The molecule has 0 aromatic heterocycles. The number of nitrogens with one attached hydrogen (secondary N) is 2. The number of para-hydroxylation sites is 1. The summed E-state index contributed by atoms with van der Waals surface area (Å²) in [5, 5.41) is 2.91. The number of amides is 1. The predicted molar refractivity (Wildman–Crippen MR) is 78.8 cm³/mol. The Kier molecular flexibility index (Phi) is 7.29. The van der Waals surface area contributed by atoms with Crippen LogP contribution in [0.15, 0.2) is 24.3 Å². The van der Waals surface area contributed by atoms with Gasteiger partial charge in [-0.15, -0.1) is 0 Å². The third-order valence-corrected chi connectivity index (χ3v) is 3.33. The van der Waals surface area contributed by atoms with Crippen molar-refractivity contribution >= 4 is 23.4 Å². The summed E-state index contributed by atoms with van der Waals surface area (Å²) in [6.45, 7) is 0.714. The number of anilines is 1.